The van der Waals surface area contributed by atoms with Crippen molar-refractivity contribution in [2.45, 2.75) is 12.5 Å². The highest BCUT2D eigenvalue weighted by Gasteiger charge is 2.24. The normalized spacial score (nSPS) is 15.8. The molecule has 0 spiro atoms. The highest BCUT2D eigenvalue weighted by Crippen LogP contribution is 2.31. The Labute approximate surface area is 212 Å². The first-order valence-electron chi connectivity index (χ1n) is 11.1. The number of anilines is 4. The van der Waals surface area contributed by atoms with Gasteiger partial charge in [0.05, 0.1) is 21.1 Å². The third-order valence-electron chi connectivity index (χ3n) is 6.22. The molecule has 3 heterocycles. The number of halogens is 2. The number of nitrogens with one attached hydrogen (secondary N) is 1. The second-order valence-corrected chi connectivity index (χ2v) is 9.45. The van der Waals surface area contributed by atoms with Gasteiger partial charge in [-0.15, -0.1) is 0 Å². The number of nitrogens with zero attached hydrogens (tertiary/aromatic N) is 6. The number of rotatable bonds is 5. The van der Waals surface area contributed by atoms with E-state index < -0.39 is 5.69 Å². The van der Waals surface area contributed by atoms with Crippen LogP contribution in [-0.2, 0) is 0 Å². The summed E-state index contributed by atoms with van der Waals surface area (Å²) in [4.78, 5) is 30.3. The standard InChI is InChI=1S/C24H24Cl2N8O/c1-32(2)16-10-11-33(13-16)15-8-6-14(7-9-15)29-23-28-12-17-21(27)34(24(35)31-22(17)30-23)20-18(25)4-3-5-19(20)26/h3-9,12,16H,10-11,13,27H2,1-2H3,(H,29,30,31,35)/t16-/m1/s1. The molecule has 0 radical (unpaired) electrons. The Balaban J connectivity index is 1.40. The van der Waals surface area contributed by atoms with Crippen molar-refractivity contribution < 1.29 is 0 Å². The molecule has 0 aliphatic carbocycles. The van der Waals surface area contributed by atoms with Crippen LogP contribution in [-0.4, -0.2) is 57.6 Å². The van der Waals surface area contributed by atoms with Gasteiger partial charge in [0.25, 0.3) is 0 Å². The maximum Gasteiger partial charge on any atom is 0.355 e. The molecule has 5 rings (SSSR count). The van der Waals surface area contributed by atoms with Crippen molar-refractivity contribution in [1.82, 2.24) is 24.4 Å². The van der Waals surface area contributed by atoms with Crippen molar-refractivity contribution in [2.24, 2.45) is 0 Å². The van der Waals surface area contributed by atoms with Crippen LogP contribution in [0.25, 0.3) is 16.7 Å². The molecule has 0 amide bonds. The topological polar surface area (TPSA) is 105 Å². The van der Waals surface area contributed by atoms with Crippen LogP contribution in [0.3, 0.4) is 0 Å². The van der Waals surface area contributed by atoms with Gasteiger partial charge in [-0.2, -0.15) is 9.97 Å². The lowest BCUT2D eigenvalue weighted by Gasteiger charge is -2.22. The summed E-state index contributed by atoms with van der Waals surface area (Å²) >= 11 is 12.5. The lowest BCUT2D eigenvalue weighted by atomic mass is 10.2. The first-order valence-corrected chi connectivity index (χ1v) is 11.9. The number of nitrogen functional groups attached to an aromatic ring is 1. The number of nitrogens with two attached hydrogens (primary N) is 1. The third kappa shape index (κ3) is 4.50. The summed E-state index contributed by atoms with van der Waals surface area (Å²) in [6, 6.07) is 13.6. The van der Waals surface area contributed by atoms with Gasteiger partial charge in [0.15, 0.2) is 5.65 Å². The van der Waals surface area contributed by atoms with Crippen LogP contribution in [0.5, 0.6) is 0 Å². The Bertz CT molecular complexity index is 1430. The monoisotopic (exact) mass is 510 g/mol. The van der Waals surface area contributed by atoms with Gasteiger partial charge in [-0.25, -0.2) is 14.3 Å². The van der Waals surface area contributed by atoms with Gasteiger partial charge in [-0.1, -0.05) is 29.3 Å². The molecule has 1 atom stereocenters. The minimum atomic E-state index is -0.638. The molecule has 1 saturated heterocycles. The fourth-order valence-corrected chi connectivity index (χ4v) is 4.83. The van der Waals surface area contributed by atoms with Crippen molar-refractivity contribution >= 4 is 57.4 Å². The van der Waals surface area contributed by atoms with Crippen molar-refractivity contribution in [3.63, 3.8) is 0 Å². The summed E-state index contributed by atoms with van der Waals surface area (Å²) in [7, 11) is 4.24. The lowest BCUT2D eigenvalue weighted by Crippen LogP contribution is -2.31. The van der Waals surface area contributed by atoms with Gasteiger partial charge in [-0.05, 0) is 56.9 Å². The summed E-state index contributed by atoms with van der Waals surface area (Å²) in [6.07, 6.45) is 2.67. The Morgan fingerprint density at radius 2 is 1.80 bits per heavy atom. The molecule has 11 heteroatoms. The molecule has 1 aliphatic heterocycles. The second-order valence-electron chi connectivity index (χ2n) is 8.64. The molecule has 4 aromatic rings. The minimum Gasteiger partial charge on any atom is -0.384 e. The number of benzene rings is 2. The number of hydrogen-bond acceptors (Lipinski definition) is 8. The van der Waals surface area contributed by atoms with E-state index in [0.717, 1.165) is 25.2 Å². The molecule has 180 valence electrons. The molecular formula is C24H24Cl2N8O. The van der Waals surface area contributed by atoms with Gasteiger partial charge in [-0.3, -0.25) is 0 Å². The van der Waals surface area contributed by atoms with Crippen molar-refractivity contribution in [2.75, 3.05) is 43.1 Å². The fraction of sp³-hybridized carbons (Fsp3) is 0.250. The Morgan fingerprint density at radius 3 is 2.46 bits per heavy atom. The van der Waals surface area contributed by atoms with E-state index in [1.165, 1.54) is 16.5 Å². The summed E-state index contributed by atoms with van der Waals surface area (Å²) < 4.78 is 1.17. The second kappa shape index (κ2) is 9.33. The number of hydrogen-bond donors (Lipinski definition) is 2. The molecule has 1 aliphatic rings. The minimum absolute atomic E-state index is 0.104. The van der Waals surface area contributed by atoms with Crippen LogP contribution < -0.4 is 21.6 Å². The zero-order valence-electron chi connectivity index (χ0n) is 19.2. The molecule has 35 heavy (non-hydrogen) atoms. The molecule has 2 aromatic carbocycles. The lowest BCUT2D eigenvalue weighted by molar-refractivity contribution is 0.315. The predicted molar refractivity (Wildman–Crippen MR) is 141 cm³/mol. The van der Waals surface area contributed by atoms with E-state index in [1.807, 2.05) is 12.1 Å². The fourth-order valence-electron chi connectivity index (χ4n) is 4.26. The van der Waals surface area contributed by atoms with E-state index in [4.69, 9.17) is 28.9 Å². The van der Waals surface area contributed by atoms with E-state index in [1.54, 1.807) is 18.2 Å². The molecule has 0 bridgehead atoms. The van der Waals surface area contributed by atoms with E-state index in [9.17, 15) is 4.79 Å². The zero-order valence-corrected chi connectivity index (χ0v) is 20.8. The maximum atomic E-state index is 12.8. The highest BCUT2D eigenvalue weighted by molar-refractivity contribution is 6.37. The van der Waals surface area contributed by atoms with Crippen LogP contribution in [0.2, 0.25) is 10.0 Å². The summed E-state index contributed by atoms with van der Waals surface area (Å²) in [5.41, 5.74) is 8.09. The first-order chi connectivity index (χ1) is 16.8. The molecule has 2 aromatic heterocycles. The molecular weight excluding hydrogens is 487 g/mol. The Hall–Kier alpha value is -3.40. The molecule has 0 unspecified atom stereocenters. The largest absolute Gasteiger partial charge is 0.384 e. The number of fused-ring (bicyclic) bond motifs is 1. The molecule has 3 N–H and O–H groups in total. The van der Waals surface area contributed by atoms with Gasteiger partial charge >= 0.3 is 5.69 Å². The van der Waals surface area contributed by atoms with Crippen LogP contribution in [0.15, 0.2) is 53.5 Å². The third-order valence-corrected chi connectivity index (χ3v) is 6.83. The average Bonchev–Trinajstić information content (AvgIpc) is 3.32. The quantitative estimate of drug-likeness (QED) is 0.415. The summed E-state index contributed by atoms with van der Waals surface area (Å²) in [5, 5.41) is 4.13. The molecule has 0 saturated carbocycles. The smallest absolute Gasteiger partial charge is 0.355 e. The Kier molecular flexibility index (Phi) is 6.22. The SMILES string of the molecule is CN(C)[C@@H]1CCN(c2ccc(Nc3ncc4c(N)n(-c5c(Cl)cccc5Cl)c(=O)nc4n3)cc2)C1. The average molecular weight is 511 g/mol. The van der Waals surface area contributed by atoms with Gasteiger partial charge in [0, 0.05) is 36.7 Å². The van der Waals surface area contributed by atoms with E-state index in [2.05, 4.69) is 56.3 Å². The van der Waals surface area contributed by atoms with E-state index in [0.29, 0.717) is 17.4 Å². The van der Waals surface area contributed by atoms with Crippen LogP contribution in [0.1, 0.15) is 6.42 Å². The summed E-state index contributed by atoms with van der Waals surface area (Å²) in [6.45, 7) is 2.05. The van der Waals surface area contributed by atoms with Gasteiger partial charge < -0.3 is 20.9 Å². The number of aromatic nitrogens is 4. The summed E-state index contributed by atoms with van der Waals surface area (Å²) in [5.74, 6) is 0.409. The van der Waals surface area contributed by atoms with E-state index in [-0.39, 0.29) is 27.2 Å². The van der Waals surface area contributed by atoms with Gasteiger partial charge in [0.2, 0.25) is 5.95 Å². The van der Waals surface area contributed by atoms with Crippen molar-refractivity contribution in [3.8, 4) is 5.69 Å². The highest BCUT2D eigenvalue weighted by atomic mass is 35.5. The van der Waals surface area contributed by atoms with E-state index >= 15 is 0 Å². The maximum absolute atomic E-state index is 12.8. The number of likely N-dealkylation sites (N-methyl/N-ethyl adjacent to an activating group) is 1. The van der Waals surface area contributed by atoms with Crippen molar-refractivity contribution in [3.05, 3.63) is 69.2 Å². The molecule has 9 nitrogen and oxygen atoms in total. The first kappa shape index (κ1) is 23.3. The van der Waals surface area contributed by atoms with Crippen molar-refractivity contribution in [1.29, 1.82) is 0 Å². The van der Waals surface area contributed by atoms with Crippen LogP contribution >= 0.6 is 23.2 Å². The predicted octanol–water partition coefficient (Wildman–Crippen LogP) is 3.95. The van der Waals surface area contributed by atoms with Crippen LogP contribution in [0, 0.1) is 0 Å². The van der Waals surface area contributed by atoms with Gasteiger partial charge in [0.1, 0.15) is 5.82 Å². The number of para-hydroxylation sites is 1. The zero-order chi connectivity index (χ0) is 24.7. The molecule has 1 fully saturated rings. The van der Waals surface area contributed by atoms with Crippen LogP contribution in [0.4, 0.5) is 23.1 Å². The Morgan fingerprint density at radius 1 is 1.09 bits per heavy atom.